The average molecular weight is 977 g/mol. The third kappa shape index (κ3) is 16.4. The summed E-state index contributed by atoms with van der Waals surface area (Å²) in [6, 6.07) is 16.8. The molecule has 6 aromatic heterocycles. The molecule has 0 aromatic carbocycles. The predicted molar refractivity (Wildman–Crippen MR) is 228 cm³/mol. The van der Waals surface area contributed by atoms with Crippen molar-refractivity contribution in [3.05, 3.63) is 124 Å². The van der Waals surface area contributed by atoms with Crippen LogP contribution in [0.25, 0.3) is 56.1 Å². The number of carbonyl (C=O) groups excluding carboxylic acids is 3. The number of alkyl halides is 3. The van der Waals surface area contributed by atoms with Gasteiger partial charge in [0.25, 0.3) is 6.47 Å². The molecule has 0 atom stereocenters. The van der Waals surface area contributed by atoms with E-state index in [-0.39, 0.29) is 38.1 Å². The van der Waals surface area contributed by atoms with Crippen molar-refractivity contribution in [3.63, 3.8) is 0 Å². The Morgan fingerprint density at radius 2 is 1.40 bits per heavy atom. The Balaban J connectivity index is 0.000000318. The summed E-state index contributed by atoms with van der Waals surface area (Å²) >= 11 is 5.34. The van der Waals surface area contributed by atoms with Crippen molar-refractivity contribution < 1.29 is 61.2 Å². The number of thiocarbonyl (C=S) groups is 1. The molecule has 0 spiro atoms. The number of carbonyl (C=O) groups is 3. The van der Waals surface area contributed by atoms with Gasteiger partial charge in [-0.25, -0.2) is 4.98 Å². The van der Waals surface area contributed by atoms with Crippen LogP contribution < -0.4 is 5.10 Å². The molecule has 320 valence electrons. The van der Waals surface area contributed by atoms with E-state index < -0.39 is 11.9 Å². The zero-order valence-electron chi connectivity index (χ0n) is 32.9. The van der Waals surface area contributed by atoms with Gasteiger partial charge in [-0.3, -0.25) is 29.3 Å². The molecule has 13 nitrogen and oxygen atoms in total. The van der Waals surface area contributed by atoms with Crippen molar-refractivity contribution in [1.29, 1.82) is 0 Å². The van der Waals surface area contributed by atoms with Gasteiger partial charge in [-0.2, -0.15) is 18.3 Å². The van der Waals surface area contributed by atoms with Gasteiger partial charge in [-0.15, -0.1) is 11.3 Å². The van der Waals surface area contributed by atoms with Crippen LogP contribution in [0, 0.1) is 24.1 Å². The van der Waals surface area contributed by atoms with Crippen molar-refractivity contribution in [3.8, 4) is 68.7 Å². The van der Waals surface area contributed by atoms with Gasteiger partial charge in [-0.05, 0) is 113 Å². The van der Waals surface area contributed by atoms with E-state index in [2.05, 4.69) is 99.0 Å². The van der Waals surface area contributed by atoms with Gasteiger partial charge in [-0.1, -0.05) is 44.1 Å². The largest absolute Gasteiger partial charge is 2.00 e. The van der Waals surface area contributed by atoms with E-state index in [9.17, 15) is 27.6 Å². The van der Waals surface area contributed by atoms with E-state index in [1.807, 2.05) is 6.07 Å². The Labute approximate surface area is 381 Å². The second-order valence-corrected chi connectivity index (χ2v) is 13.3. The number of unbranched alkanes of at least 4 members (excludes halogenated alkanes) is 3. The molecule has 0 radical (unpaired) electrons. The molecule has 19 heteroatoms. The summed E-state index contributed by atoms with van der Waals surface area (Å²) in [6.07, 6.45) is 13.3. The summed E-state index contributed by atoms with van der Waals surface area (Å²) < 4.78 is 51.6. The molecule has 0 N–H and O–H groups in total. The zero-order chi connectivity index (χ0) is 44.6. The molecule has 0 saturated carbocycles. The number of aryl methyl sites for hydroxylation is 1. The normalized spacial score (nSPS) is 10.0. The third-order valence-corrected chi connectivity index (χ3v) is 9.06. The fourth-order valence-electron chi connectivity index (χ4n) is 5.38. The summed E-state index contributed by atoms with van der Waals surface area (Å²) in [5.41, 5.74) is 5.50. The Morgan fingerprint density at radius 3 is 1.95 bits per heavy atom. The first-order chi connectivity index (χ1) is 30.1. The number of pyridine rings is 4. The Kier molecular flexibility index (Phi) is 21.6. The minimum Gasteiger partial charge on any atom is -0.753 e. The number of halogens is 3. The number of nitrogens with zero attached hydrogens (tertiary/aromatic N) is 7. The summed E-state index contributed by atoms with van der Waals surface area (Å²) in [5, 5.41) is 17.4. The number of ether oxygens (including phenoxy) is 3. The van der Waals surface area contributed by atoms with Gasteiger partial charge in [0.05, 0.1) is 34.7 Å². The first-order valence-electron chi connectivity index (χ1n) is 18.2. The fourth-order valence-corrected chi connectivity index (χ4v) is 6.33. The van der Waals surface area contributed by atoms with Crippen molar-refractivity contribution in [1.82, 2.24) is 30.1 Å². The van der Waals surface area contributed by atoms with Crippen molar-refractivity contribution >= 4 is 54.2 Å². The number of isothiocyanates is 1. The van der Waals surface area contributed by atoms with Crippen LogP contribution in [0.2, 0.25) is 0 Å². The number of thiophene rings is 1. The van der Waals surface area contributed by atoms with Gasteiger partial charge in [0, 0.05) is 34.6 Å². The molecular formula is C44H32F3N7O6RuS2. The van der Waals surface area contributed by atoms with Crippen LogP contribution in [0.3, 0.4) is 0 Å². The Bertz CT molecular complexity index is 2550. The first-order valence-corrected chi connectivity index (χ1v) is 19.5. The molecule has 0 fully saturated rings. The van der Waals surface area contributed by atoms with Crippen LogP contribution in [0.5, 0.6) is 0 Å². The van der Waals surface area contributed by atoms with Crippen LogP contribution in [0.1, 0.15) is 60.6 Å². The maximum atomic E-state index is 12.7. The molecule has 0 saturated heterocycles. The first kappa shape index (κ1) is 50.4. The second-order valence-electron chi connectivity index (χ2n) is 12.2. The van der Waals surface area contributed by atoms with Gasteiger partial charge >= 0.3 is 38.6 Å². The zero-order valence-corrected chi connectivity index (χ0v) is 36.3. The van der Waals surface area contributed by atoms with Crippen LogP contribution in [-0.2, 0) is 60.7 Å². The smallest absolute Gasteiger partial charge is 0.753 e. The van der Waals surface area contributed by atoms with Crippen LogP contribution in [0.15, 0.2) is 90.9 Å². The summed E-state index contributed by atoms with van der Waals surface area (Å²) in [4.78, 5) is 49.6. The van der Waals surface area contributed by atoms with Gasteiger partial charge in [0.2, 0.25) is 0 Å². The number of hydrogen-bond acceptors (Lipinski definition) is 13. The quantitative estimate of drug-likeness (QED) is 0.0148. The molecule has 0 unspecified atom stereocenters. The maximum absolute atomic E-state index is 12.7. The predicted octanol–water partition coefficient (Wildman–Crippen LogP) is 8.94. The van der Waals surface area contributed by atoms with Crippen molar-refractivity contribution in [2.24, 2.45) is 0 Å². The average Bonchev–Trinajstić information content (AvgIpc) is 3.98. The topological polar surface area (TPSA) is 180 Å². The minimum atomic E-state index is -4.50. The van der Waals surface area contributed by atoms with E-state index in [1.165, 1.54) is 36.2 Å². The molecule has 6 aromatic rings. The van der Waals surface area contributed by atoms with E-state index >= 15 is 0 Å². The summed E-state index contributed by atoms with van der Waals surface area (Å²) in [6.45, 7) is 2.95. The molecule has 0 aliphatic carbocycles. The van der Waals surface area contributed by atoms with Gasteiger partial charge in [0.15, 0.2) is 0 Å². The molecule has 0 aliphatic rings. The third-order valence-electron chi connectivity index (χ3n) is 8.05. The minimum absolute atomic E-state index is 0. The van der Waals surface area contributed by atoms with Crippen molar-refractivity contribution in [2.45, 2.75) is 45.2 Å². The molecule has 63 heavy (non-hydrogen) atoms. The molecule has 0 aliphatic heterocycles. The van der Waals surface area contributed by atoms with E-state index in [4.69, 9.17) is 5.41 Å². The fraction of sp³-hybridized carbons (Fsp3) is 0.159. The van der Waals surface area contributed by atoms with Crippen molar-refractivity contribution in [2.75, 3.05) is 0 Å². The van der Waals surface area contributed by atoms with Crippen LogP contribution in [0.4, 0.5) is 13.2 Å². The van der Waals surface area contributed by atoms with Gasteiger partial charge in [0.1, 0.15) is 17.9 Å². The summed E-state index contributed by atoms with van der Waals surface area (Å²) in [7, 11) is 0. The molecule has 6 rings (SSSR count). The molecule has 0 bridgehead atoms. The van der Waals surface area contributed by atoms with Crippen LogP contribution >= 0.6 is 23.6 Å². The number of rotatable bonds is 14. The van der Waals surface area contributed by atoms with E-state index in [1.54, 1.807) is 78.5 Å². The molecule has 0 amide bonds. The standard InChI is InChI=1S/C24H13N3O6.C19H19F3N3S.CNS.Ru/c28-15-31-8-3-18-1-6-25-21(11-18)23-13-20(5-10-33-17-30)14-24(27-23)22-12-19(2-7-26-22)4-9-32-16-29;1-2-3-4-5-6-13-8-10-26-18(13)14-7-9-23-15(11-14)16-12-17(25-24-16)19(20,21)22;2-1-3;/h1-2,5-7,10-17H;7-12H,2-6H2,1H3;;/q;2*-1;+2/b10-5+;;;. The maximum Gasteiger partial charge on any atom is 2.00 e. The second kappa shape index (κ2) is 27.0. The van der Waals surface area contributed by atoms with E-state index in [0.29, 0.717) is 51.6 Å². The molecular weight excluding hydrogens is 945 g/mol. The number of hydrogen-bond donors (Lipinski definition) is 0. The van der Waals surface area contributed by atoms with Gasteiger partial charge < -0.3 is 29.8 Å². The van der Waals surface area contributed by atoms with E-state index in [0.717, 1.165) is 29.3 Å². The Morgan fingerprint density at radius 1 is 0.794 bits per heavy atom. The van der Waals surface area contributed by atoms with Crippen LogP contribution in [-0.4, -0.2) is 49.6 Å². The summed E-state index contributed by atoms with van der Waals surface area (Å²) in [5.74, 6) is 5.36. The SMILES string of the molecule is CCCCCCc1ccsc1-c1ccnc(-c2cc(C(F)(F)F)n[n-]2)c1.O=COC#Cc1ccnc(-c2cc(/C=C/OC=O)cc(-c3cc(C#COC=O)ccn3)n2)c1.[N-]=C=S.[Ru+2]. The number of aromatic nitrogens is 6. The molecule has 6 heterocycles. The monoisotopic (exact) mass is 977 g/mol. The Hall–Kier alpha value is -7.01.